The number of nitrogens with two attached hydrogens (primary N) is 2. The van der Waals surface area contributed by atoms with Gasteiger partial charge in [0.15, 0.2) is 0 Å². The maximum Gasteiger partial charge on any atom is 0.326 e. The number of aliphatic carboxylic acids is 2. The smallest absolute Gasteiger partial charge is 0.326 e. The van der Waals surface area contributed by atoms with Gasteiger partial charge in [-0.25, -0.2) is 4.79 Å². The Morgan fingerprint density at radius 1 is 0.871 bits per heavy atom. The molecular formula is C16H27N5O9S. The number of carbonyl (C=O) groups excluding carboxylic acids is 4. The topological polar surface area (TPSA) is 251 Å². The summed E-state index contributed by atoms with van der Waals surface area (Å²) in [6, 6.07) is -5.91. The van der Waals surface area contributed by atoms with Gasteiger partial charge in [0.1, 0.15) is 24.2 Å². The summed E-state index contributed by atoms with van der Waals surface area (Å²) >= 11 is 1.36. The number of nitrogens with one attached hydrogen (secondary N) is 3. The highest BCUT2D eigenvalue weighted by atomic mass is 32.2. The van der Waals surface area contributed by atoms with E-state index in [1.54, 1.807) is 6.26 Å². The summed E-state index contributed by atoms with van der Waals surface area (Å²) in [5.74, 6) is -6.59. The quantitative estimate of drug-likeness (QED) is 0.115. The molecule has 0 heterocycles. The number of amides is 4. The van der Waals surface area contributed by atoms with Gasteiger partial charge in [-0.1, -0.05) is 0 Å². The Bertz CT molecular complexity index is 690. The van der Waals surface area contributed by atoms with Crippen LogP contribution in [-0.4, -0.2) is 93.7 Å². The number of hydrogen-bond acceptors (Lipinski definition) is 9. The number of rotatable bonds is 15. The molecule has 0 aromatic heterocycles. The predicted molar refractivity (Wildman–Crippen MR) is 108 cm³/mol. The molecule has 14 nitrogen and oxygen atoms in total. The minimum Gasteiger partial charge on any atom is -0.481 e. The fraction of sp³-hybridized carbons (Fsp3) is 0.625. The molecule has 0 aromatic carbocycles. The lowest BCUT2D eigenvalue weighted by atomic mass is 10.1. The van der Waals surface area contributed by atoms with Gasteiger partial charge in [0.2, 0.25) is 23.6 Å². The highest BCUT2D eigenvalue weighted by molar-refractivity contribution is 7.98. The summed E-state index contributed by atoms with van der Waals surface area (Å²) in [4.78, 5) is 70.1. The SMILES string of the molecule is CSCCC(NC(=O)C(N)CO)C(=O)NC(CC(N)=O)C(=O)NC(CC(=O)O)C(=O)O. The molecule has 0 radical (unpaired) electrons. The molecule has 31 heavy (non-hydrogen) atoms. The molecule has 10 N–H and O–H groups in total. The monoisotopic (exact) mass is 465 g/mol. The average Bonchev–Trinajstić information content (AvgIpc) is 2.68. The van der Waals surface area contributed by atoms with E-state index in [9.17, 15) is 28.8 Å². The third kappa shape index (κ3) is 11.2. The molecule has 0 aliphatic rings. The first kappa shape index (κ1) is 28.1. The van der Waals surface area contributed by atoms with E-state index in [1.165, 1.54) is 11.8 Å². The molecular weight excluding hydrogens is 438 g/mol. The maximum absolute atomic E-state index is 12.6. The lowest BCUT2D eigenvalue weighted by Gasteiger charge is -2.24. The molecule has 0 aliphatic heterocycles. The van der Waals surface area contributed by atoms with Gasteiger partial charge < -0.3 is 42.7 Å². The maximum atomic E-state index is 12.6. The van der Waals surface area contributed by atoms with Crippen LogP contribution in [-0.2, 0) is 28.8 Å². The summed E-state index contributed by atoms with van der Waals surface area (Å²) < 4.78 is 0. The second kappa shape index (κ2) is 14.2. The molecule has 15 heteroatoms. The molecule has 4 atom stereocenters. The van der Waals surface area contributed by atoms with Crippen LogP contribution in [0.3, 0.4) is 0 Å². The first-order valence-electron chi connectivity index (χ1n) is 8.92. The van der Waals surface area contributed by atoms with E-state index in [2.05, 4.69) is 10.6 Å². The van der Waals surface area contributed by atoms with E-state index in [0.29, 0.717) is 5.75 Å². The molecule has 0 fully saturated rings. The van der Waals surface area contributed by atoms with Crippen molar-refractivity contribution in [3.05, 3.63) is 0 Å². The van der Waals surface area contributed by atoms with Crippen LogP contribution in [0.1, 0.15) is 19.3 Å². The Labute approximate surface area is 181 Å². The third-order valence-electron chi connectivity index (χ3n) is 3.81. The number of primary amides is 1. The van der Waals surface area contributed by atoms with E-state index in [1.807, 2.05) is 5.32 Å². The van der Waals surface area contributed by atoms with E-state index in [4.69, 9.17) is 26.8 Å². The molecule has 0 aromatic rings. The van der Waals surface area contributed by atoms with Crippen molar-refractivity contribution in [2.45, 2.75) is 43.4 Å². The average molecular weight is 465 g/mol. The van der Waals surface area contributed by atoms with Crippen molar-refractivity contribution in [2.75, 3.05) is 18.6 Å². The second-order valence-corrected chi connectivity index (χ2v) is 7.35. The normalized spacial score (nSPS) is 14.4. The molecule has 0 spiro atoms. The van der Waals surface area contributed by atoms with Gasteiger partial charge in [0.05, 0.1) is 19.4 Å². The number of aliphatic hydroxyl groups is 1. The first-order chi connectivity index (χ1) is 14.4. The van der Waals surface area contributed by atoms with Gasteiger partial charge in [-0.3, -0.25) is 24.0 Å². The first-order valence-corrected chi connectivity index (χ1v) is 10.3. The van der Waals surface area contributed by atoms with Crippen LogP contribution in [0.15, 0.2) is 0 Å². The van der Waals surface area contributed by atoms with E-state index >= 15 is 0 Å². The molecule has 0 saturated carbocycles. The summed E-state index contributed by atoms with van der Waals surface area (Å²) in [5.41, 5.74) is 10.5. The van der Waals surface area contributed by atoms with Crippen LogP contribution >= 0.6 is 11.8 Å². The zero-order chi connectivity index (χ0) is 24.1. The van der Waals surface area contributed by atoms with Crippen LogP contribution in [0, 0.1) is 0 Å². The van der Waals surface area contributed by atoms with Gasteiger partial charge in [0, 0.05) is 0 Å². The van der Waals surface area contributed by atoms with Crippen molar-refractivity contribution in [1.29, 1.82) is 0 Å². The molecule has 0 aliphatic carbocycles. The fourth-order valence-corrected chi connectivity index (χ4v) is 2.67. The second-order valence-electron chi connectivity index (χ2n) is 6.36. The number of carboxylic acid groups (broad SMARTS) is 2. The van der Waals surface area contributed by atoms with Crippen LogP contribution in [0.25, 0.3) is 0 Å². The van der Waals surface area contributed by atoms with Crippen LogP contribution in [0.4, 0.5) is 0 Å². The number of carboxylic acids is 2. The van der Waals surface area contributed by atoms with Crippen LogP contribution < -0.4 is 27.4 Å². The van der Waals surface area contributed by atoms with Gasteiger partial charge in [-0.2, -0.15) is 11.8 Å². The minimum absolute atomic E-state index is 0.110. The largest absolute Gasteiger partial charge is 0.481 e. The fourth-order valence-electron chi connectivity index (χ4n) is 2.20. The molecule has 4 amide bonds. The van der Waals surface area contributed by atoms with Crippen molar-refractivity contribution in [1.82, 2.24) is 16.0 Å². The Balaban J connectivity index is 5.45. The lowest BCUT2D eigenvalue weighted by molar-refractivity contribution is -0.147. The Morgan fingerprint density at radius 2 is 1.39 bits per heavy atom. The summed E-state index contributed by atoms with van der Waals surface area (Å²) in [6.45, 7) is -0.671. The van der Waals surface area contributed by atoms with Gasteiger partial charge in [0.25, 0.3) is 0 Å². The van der Waals surface area contributed by atoms with E-state index in [-0.39, 0.29) is 6.42 Å². The summed E-state index contributed by atoms with van der Waals surface area (Å²) in [7, 11) is 0. The number of aliphatic hydroxyl groups excluding tert-OH is 1. The molecule has 0 bridgehead atoms. The molecule has 0 saturated heterocycles. The van der Waals surface area contributed by atoms with Crippen molar-refractivity contribution in [3.63, 3.8) is 0 Å². The van der Waals surface area contributed by atoms with Gasteiger partial charge in [-0.15, -0.1) is 0 Å². The number of thioether (sulfide) groups is 1. The molecule has 4 unspecified atom stereocenters. The number of carbonyl (C=O) groups is 6. The van der Waals surface area contributed by atoms with Crippen LogP contribution in [0.2, 0.25) is 0 Å². The Hall–Kier alpha value is -2.91. The minimum atomic E-state index is -1.81. The van der Waals surface area contributed by atoms with Gasteiger partial charge >= 0.3 is 11.9 Å². The van der Waals surface area contributed by atoms with E-state index in [0.717, 1.165) is 0 Å². The van der Waals surface area contributed by atoms with Crippen LogP contribution in [0.5, 0.6) is 0 Å². The Kier molecular flexibility index (Phi) is 12.8. The van der Waals surface area contributed by atoms with Crippen molar-refractivity contribution < 1.29 is 44.1 Å². The Morgan fingerprint density at radius 3 is 1.84 bits per heavy atom. The summed E-state index contributed by atoms with van der Waals surface area (Å²) in [6.07, 6.45) is 0.201. The molecule has 0 rings (SSSR count). The standard InChI is InChI=1S/C16H27N5O9S/c1-31-3-2-8(19-13(26)7(17)6-22)14(27)20-9(4-11(18)23)15(28)21-10(16(29)30)5-12(24)25/h7-10,22H,2-6,17H2,1H3,(H2,18,23)(H,19,26)(H,20,27)(H,21,28)(H,24,25)(H,29,30). The summed E-state index contributed by atoms with van der Waals surface area (Å²) in [5, 5.41) is 33.2. The van der Waals surface area contributed by atoms with Crippen molar-refractivity contribution in [3.8, 4) is 0 Å². The zero-order valence-electron chi connectivity index (χ0n) is 16.7. The van der Waals surface area contributed by atoms with Crippen molar-refractivity contribution >= 4 is 47.3 Å². The zero-order valence-corrected chi connectivity index (χ0v) is 17.5. The lowest BCUT2D eigenvalue weighted by Crippen LogP contribution is -2.58. The number of hydrogen-bond donors (Lipinski definition) is 8. The highest BCUT2D eigenvalue weighted by Gasteiger charge is 2.31. The van der Waals surface area contributed by atoms with Crippen molar-refractivity contribution in [2.24, 2.45) is 11.5 Å². The molecule has 176 valence electrons. The van der Waals surface area contributed by atoms with E-state index < -0.39 is 79.2 Å². The third-order valence-corrected chi connectivity index (χ3v) is 4.45. The predicted octanol–water partition coefficient (Wildman–Crippen LogP) is -4.05. The highest BCUT2D eigenvalue weighted by Crippen LogP contribution is 2.04. The van der Waals surface area contributed by atoms with Gasteiger partial charge in [-0.05, 0) is 18.4 Å².